The van der Waals surface area contributed by atoms with Gasteiger partial charge in [-0.2, -0.15) is 8.78 Å². The van der Waals surface area contributed by atoms with Crippen LogP contribution in [0.15, 0.2) is 16.6 Å². The lowest BCUT2D eigenvalue weighted by Crippen LogP contribution is -2.04. The van der Waals surface area contributed by atoms with Gasteiger partial charge in [0.15, 0.2) is 5.78 Å². The SMILES string of the molecule is CC(=O)c1cc(OC(F)F)cc(F)c1Br. The minimum absolute atomic E-state index is 0.0364. The van der Waals surface area contributed by atoms with E-state index in [0.717, 1.165) is 12.1 Å². The Labute approximate surface area is 92.2 Å². The molecule has 0 aliphatic rings. The Kier molecular flexibility index (Phi) is 3.73. The van der Waals surface area contributed by atoms with Crippen molar-refractivity contribution in [3.8, 4) is 5.75 Å². The van der Waals surface area contributed by atoms with Crippen LogP contribution in [0.3, 0.4) is 0 Å². The fraction of sp³-hybridized carbons (Fsp3) is 0.222. The fourth-order valence-corrected chi connectivity index (χ4v) is 1.50. The maximum Gasteiger partial charge on any atom is 0.387 e. The maximum atomic E-state index is 13.1. The number of carbonyl (C=O) groups is 1. The highest BCUT2D eigenvalue weighted by Gasteiger charge is 2.14. The molecule has 1 aromatic carbocycles. The van der Waals surface area contributed by atoms with E-state index >= 15 is 0 Å². The number of hydrogen-bond donors (Lipinski definition) is 0. The summed E-state index contributed by atoms with van der Waals surface area (Å²) in [5.74, 6) is -1.64. The Hall–Kier alpha value is -1.04. The fourth-order valence-electron chi connectivity index (χ4n) is 0.991. The van der Waals surface area contributed by atoms with Crippen LogP contribution >= 0.6 is 15.9 Å². The lowest BCUT2D eigenvalue weighted by molar-refractivity contribution is -0.0500. The van der Waals surface area contributed by atoms with E-state index in [1.807, 2.05) is 0 Å². The predicted molar refractivity (Wildman–Crippen MR) is 50.7 cm³/mol. The van der Waals surface area contributed by atoms with Crippen LogP contribution in [0.1, 0.15) is 17.3 Å². The van der Waals surface area contributed by atoms with Gasteiger partial charge in [-0.1, -0.05) is 0 Å². The van der Waals surface area contributed by atoms with Gasteiger partial charge in [0.1, 0.15) is 11.6 Å². The third kappa shape index (κ3) is 2.95. The topological polar surface area (TPSA) is 26.3 Å². The number of rotatable bonds is 3. The molecule has 0 N–H and O–H groups in total. The van der Waals surface area contributed by atoms with Gasteiger partial charge in [0.2, 0.25) is 0 Å². The molecular formula is C9H6BrF3O2. The maximum absolute atomic E-state index is 13.1. The third-order valence-electron chi connectivity index (χ3n) is 1.61. The number of hydrogen-bond acceptors (Lipinski definition) is 2. The molecule has 0 bridgehead atoms. The minimum atomic E-state index is -3.05. The minimum Gasteiger partial charge on any atom is -0.435 e. The van der Waals surface area contributed by atoms with E-state index in [9.17, 15) is 18.0 Å². The second-order valence-corrected chi connectivity index (χ2v) is 3.49. The molecule has 0 saturated heterocycles. The summed E-state index contributed by atoms with van der Waals surface area (Å²) in [5.41, 5.74) is -0.0364. The highest BCUT2D eigenvalue weighted by atomic mass is 79.9. The van der Waals surface area contributed by atoms with E-state index in [4.69, 9.17) is 0 Å². The first-order valence-electron chi connectivity index (χ1n) is 3.86. The van der Waals surface area contributed by atoms with E-state index < -0.39 is 18.2 Å². The molecule has 0 aliphatic carbocycles. The second-order valence-electron chi connectivity index (χ2n) is 2.70. The number of ketones is 1. The largest absolute Gasteiger partial charge is 0.435 e. The van der Waals surface area contributed by atoms with Crippen molar-refractivity contribution in [3.05, 3.63) is 28.0 Å². The van der Waals surface area contributed by atoms with E-state index in [-0.39, 0.29) is 15.8 Å². The second kappa shape index (κ2) is 4.65. The van der Waals surface area contributed by atoms with Crippen molar-refractivity contribution in [2.24, 2.45) is 0 Å². The number of halogens is 4. The molecule has 1 rings (SSSR count). The van der Waals surface area contributed by atoms with Crippen molar-refractivity contribution in [2.75, 3.05) is 0 Å². The molecule has 0 atom stereocenters. The van der Waals surface area contributed by atoms with E-state index in [2.05, 4.69) is 20.7 Å². The highest BCUT2D eigenvalue weighted by Crippen LogP contribution is 2.27. The molecule has 15 heavy (non-hydrogen) atoms. The van der Waals surface area contributed by atoms with Crippen molar-refractivity contribution in [3.63, 3.8) is 0 Å². The van der Waals surface area contributed by atoms with Gasteiger partial charge in [0, 0.05) is 11.6 Å². The molecule has 0 amide bonds. The van der Waals surface area contributed by atoms with Gasteiger partial charge in [0.25, 0.3) is 0 Å². The first-order chi connectivity index (χ1) is 6.91. The smallest absolute Gasteiger partial charge is 0.387 e. The zero-order valence-electron chi connectivity index (χ0n) is 7.56. The average Bonchev–Trinajstić information content (AvgIpc) is 2.09. The Bertz CT molecular complexity index is 393. The normalized spacial score (nSPS) is 10.5. The van der Waals surface area contributed by atoms with Gasteiger partial charge >= 0.3 is 6.61 Å². The number of carbonyl (C=O) groups excluding carboxylic acids is 1. The number of ether oxygens (including phenoxy) is 1. The molecular weight excluding hydrogens is 277 g/mol. The van der Waals surface area contributed by atoms with Gasteiger partial charge < -0.3 is 4.74 Å². The van der Waals surface area contributed by atoms with Crippen LogP contribution in [0, 0.1) is 5.82 Å². The number of alkyl halides is 2. The standard InChI is InChI=1S/C9H6BrF3O2/c1-4(14)6-2-5(15-9(12)13)3-7(11)8(6)10/h2-3,9H,1H3. The lowest BCUT2D eigenvalue weighted by Gasteiger charge is -2.07. The van der Waals surface area contributed by atoms with Gasteiger partial charge in [-0.15, -0.1) is 0 Å². The van der Waals surface area contributed by atoms with Crippen molar-refractivity contribution >= 4 is 21.7 Å². The van der Waals surface area contributed by atoms with Crippen LogP contribution in [-0.4, -0.2) is 12.4 Å². The zero-order chi connectivity index (χ0) is 11.6. The van der Waals surface area contributed by atoms with Crippen LogP contribution in [0.5, 0.6) is 5.75 Å². The average molecular weight is 283 g/mol. The van der Waals surface area contributed by atoms with Crippen molar-refractivity contribution in [1.82, 2.24) is 0 Å². The predicted octanol–water partition coefficient (Wildman–Crippen LogP) is 3.39. The quantitative estimate of drug-likeness (QED) is 0.795. The van der Waals surface area contributed by atoms with Gasteiger partial charge in [0.05, 0.1) is 4.47 Å². The summed E-state index contributed by atoms with van der Waals surface area (Å²) in [6, 6.07) is 1.84. The summed E-state index contributed by atoms with van der Waals surface area (Å²) in [7, 11) is 0. The molecule has 2 nitrogen and oxygen atoms in total. The summed E-state index contributed by atoms with van der Waals surface area (Å²) in [6.07, 6.45) is 0. The number of Topliss-reactive ketones (excluding diaryl/α,β-unsaturated/α-hetero) is 1. The van der Waals surface area contributed by atoms with Crippen LogP contribution < -0.4 is 4.74 Å². The molecule has 0 saturated carbocycles. The first-order valence-corrected chi connectivity index (χ1v) is 4.66. The van der Waals surface area contributed by atoms with Gasteiger partial charge in [-0.3, -0.25) is 4.79 Å². The molecule has 0 fully saturated rings. The first kappa shape index (κ1) is 12.0. The summed E-state index contributed by atoms with van der Waals surface area (Å²) in [5, 5.41) is 0. The molecule has 0 heterocycles. The van der Waals surface area contributed by atoms with E-state index in [1.54, 1.807) is 0 Å². The lowest BCUT2D eigenvalue weighted by atomic mass is 10.1. The van der Waals surface area contributed by atoms with Crippen molar-refractivity contribution < 1.29 is 22.7 Å². The molecule has 0 radical (unpaired) electrons. The molecule has 6 heteroatoms. The van der Waals surface area contributed by atoms with E-state index in [1.165, 1.54) is 6.92 Å². The van der Waals surface area contributed by atoms with E-state index in [0.29, 0.717) is 0 Å². The van der Waals surface area contributed by atoms with Gasteiger partial charge in [-0.25, -0.2) is 4.39 Å². The monoisotopic (exact) mass is 282 g/mol. The summed E-state index contributed by atoms with van der Waals surface area (Å²) in [4.78, 5) is 11.0. The molecule has 0 unspecified atom stereocenters. The Morgan fingerprint density at radius 1 is 1.47 bits per heavy atom. The van der Waals surface area contributed by atoms with Crippen molar-refractivity contribution in [2.45, 2.75) is 13.5 Å². The van der Waals surface area contributed by atoms with Gasteiger partial charge in [-0.05, 0) is 28.9 Å². The zero-order valence-corrected chi connectivity index (χ0v) is 9.15. The Morgan fingerprint density at radius 3 is 2.53 bits per heavy atom. The summed E-state index contributed by atoms with van der Waals surface area (Å²) in [6.45, 7) is -1.85. The molecule has 0 aromatic heterocycles. The molecule has 0 spiro atoms. The van der Waals surface area contributed by atoms with Crippen LogP contribution in [0.4, 0.5) is 13.2 Å². The molecule has 1 aromatic rings. The van der Waals surface area contributed by atoms with Crippen LogP contribution in [-0.2, 0) is 0 Å². The molecule has 82 valence electrons. The number of benzene rings is 1. The third-order valence-corrected chi connectivity index (χ3v) is 2.41. The molecule has 0 aliphatic heterocycles. The summed E-state index contributed by atoms with van der Waals surface area (Å²) < 4.78 is 40.8. The Balaban J connectivity index is 3.17. The van der Waals surface area contributed by atoms with Crippen LogP contribution in [0.2, 0.25) is 0 Å². The van der Waals surface area contributed by atoms with Crippen molar-refractivity contribution in [1.29, 1.82) is 0 Å². The summed E-state index contributed by atoms with van der Waals surface area (Å²) >= 11 is 2.84. The highest BCUT2D eigenvalue weighted by molar-refractivity contribution is 9.10. The Morgan fingerprint density at radius 2 is 2.07 bits per heavy atom. The van der Waals surface area contributed by atoms with Crippen LogP contribution in [0.25, 0.3) is 0 Å².